The van der Waals surface area contributed by atoms with E-state index < -0.39 is 0 Å². The molecule has 0 aromatic carbocycles. The van der Waals surface area contributed by atoms with Gasteiger partial charge in [0.1, 0.15) is 0 Å². The zero-order chi connectivity index (χ0) is 13.7. The van der Waals surface area contributed by atoms with E-state index in [9.17, 15) is 4.79 Å². The summed E-state index contributed by atoms with van der Waals surface area (Å²) in [7, 11) is 0. The summed E-state index contributed by atoms with van der Waals surface area (Å²) in [6, 6.07) is 1.20. The van der Waals surface area contributed by atoms with Crippen LogP contribution in [0.25, 0.3) is 0 Å². The highest BCUT2D eigenvalue weighted by atomic mass is 16.2. The molecular formula is C15H30N2O. The molecule has 1 rings (SSSR count). The molecule has 0 aromatic heterocycles. The van der Waals surface area contributed by atoms with Gasteiger partial charge in [0.2, 0.25) is 5.91 Å². The van der Waals surface area contributed by atoms with E-state index in [0.717, 1.165) is 13.0 Å². The van der Waals surface area contributed by atoms with Crippen LogP contribution in [-0.4, -0.2) is 46.9 Å². The molecule has 1 heterocycles. The van der Waals surface area contributed by atoms with Crippen molar-refractivity contribution < 1.29 is 4.79 Å². The fourth-order valence-electron chi connectivity index (χ4n) is 3.16. The van der Waals surface area contributed by atoms with Crippen LogP contribution >= 0.6 is 0 Å². The normalized spacial score (nSPS) is 21.6. The van der Waals surface area contributed by atoms with E-state index in [1.807, 2.05) is 4.90 Å². The van der Waals surface area contributed by atoms with Gasteiger partial charge in [-0.2, -0.15) is 0 Å². The SMILES string of the molecule is CCC1CCCCN1CC(=O)N(C(C)C)C(C)C. The highest BCUT2D eigenvalue weighted by Crippen LogP contribution is 2.19. The summed E-state index contributed by atoms with van der Waals surface area (Å²) in [5.74, 6) is 0.292. The molecule has 1 atom stereocenters. The first-order valence-corrected chi connectivity index (χ1v) is 7.52. The zero-order valence-electron chi connectivity index (χ0n) is 12.8. The lowest BCUT2D eigenvalue weighted by atomic mass is 10.00. The first-order valence-electron chi connectivity index (χ1n) is 7.52. The minimum Gasteiger partial charge on any atom is -0.337 e. The van der Waals surface area contributed by atoms with Crippen LogP contribution in [0.3, 0.4) is 0 Å². The average Bonchev–Trinajstić information content (AvgIpc) is 2.28. The number of hydrogen-bond donors (Lipinski definition) is 0. The average molecular weight is 254 g/mol. The molecule has 1 fully saturated rings. The topological polar surface area (TPSA) is 23.6 Å². The number of rotatable bonds is 5. The molecule has 18 heavy (non-hydrogen) atoms. The van der Waals surface area contributed by atoms with Crippen molar-refractivity contribution in [2.24, 2.45) is 0 Å². The molecule has 1 unspecified atom stereocenters. The molecule has 0 aromatic rings. The third-order valence-corrected chi connectivity index (χ3v) is 3.96. The third kappa shape index (κ3) is 3.98. The molecule has 106 valence electrons. The minimum atomic E-state index is 0.292. The van der Waals surface area contributed by atoms with Gasteiger partial charge in [-0.05, 0) is 53.5 Å². The Bertz CT molecular complexity index is 255. The van der Waals surface area contributed by atoms with Crippen LogP contribution in [0.5, 0.6) is 0 Å². The van der Waals surface area contributed by atoms with Crippen molar-refractivity contribution in [1.82, 2.24) is 9.80 Å². The first kappa shape index (κ1) is 15.5. The molecule has 0 aliphatic carbocycles. The second kappa shape index (κ2) is 7.13. The maximum Gasteiger partial charge on any atom is 0.237 e. The van der Waals surface area contributed by atoms with Crippen LogP contribution in [0, 0.1) is 0 Å². The summed E-state index contributed by atoms with van der Waals surface area (Å²) < 4.78 is 0. The molecular weight excluding hydrogens is 224 g/mol. The Morgan fingerprint density at radius 2 is 1.83 bits per heavy atom. The Labute approximate surface area is 113 Å². The quantitative estimate of drug-likeness (QED) is 0.753. The van der Waals surface area contributed by atoms with Crippen molar-refractivity contribution in [1.29, 1.82) is 0 Å². The third-order valence-electron chi connectivity index (χ3n) is 3.96. The predicted molar refractivity (Wildman–Crippen MR) is 76.6 cm³/mol. The lowest BCUT2D eigenvalue weighted by Crippen LogP contribution is -2.50. The lowest BCUT2D eigenvalue weighted by Gasteiger charge is -2.38. The standard InChI is InChI=1S/C15H30N2O/c1-6-14-9-7-8-10-16(14)11-15(18)17(12(2)3)13(4)5/h12-14H,6-11H2,1-5H3. The second-order valence-electron chi connectivity index (χ2n) is 6.02. The predicted octanol–water partition coefficient (Wildman–Crippen LogP) is 2.90. The second-order valence-corrected chi connectivity index (χ2v) is 6.02. The Hall–Kier alpha value is -0.570. The van der Waals surface area contributed by atoms with Crippen molar-refractivity contribution in [3.8, 4) is 0 Å². The summed E-state index contributed by atoms with van der Waals surface area (Å²) in [5, 5.41) is 0. The van der Waals surface area contributed by atoms with E-state index in [0.29, 0.717) is 30.6 Å². The van der Waals surface area contributed by atoms with Crippen LogP contribution in [0.15, 0.2) is 0 Å². The van der Waals surface area contributed by atoms with Gasteiger partial charge in [0, 0.05) is 18.1 Å². The van der Waals surface area contributed by atoms with Gasteiger partial charge in [-0.15, -0.1) is 0 Å². The Morgan fingerprint density at radius 3 is 2.33 bits per heavy atom. The summed E-state index contributed by atoms with van der Waals surface area (Å²) in [6.07, 6.45) is 4.98. The fraction of sp³-hybridized carbons (Fsp3) is 0.933. The molecule has 0 spiro atoms. The van der Waals surface area contributed by atoms with Crippen molar-refractivity contribution in [3.63, 3.8) is 0 Å². The van der Waals surface area contributed by atoms with Crippen LogP contribution in [-0.2, 0) is 4.79 Å². The van der Waals surface area contributed by atoms with E-state index in [-0.39, 0.29) is 0 Å². The minimum absolute atomic E-state index is 0.292. The summed E-state index contributed by atoms with van der Waals surface area (Å²) in [4.78, 5) is 16.8. The number of likely N-dealkylation sites (tertiary alicyclic amines) is 1. The van der Waals surface area contributed by atoms with Crippen molar-refractivity contribution in [2.45, 2.75) is 78.4 Å². The van der Waals surface area contributed by atoms with Gasteiger partial charge >= 0.3 is 0 Å². The molecule has 1 aliphatic rings. The van der Waals surface area contributed by atoms with Gasteiger partial charge in [-0.1, -0.05) is 13.3 Å². The maximum absolute atomic E-state index is 12.4. The molecule has 0 radical (unpaired) electrons. The molecule has 3 heteroatoms. The van der Waals surface area contributed by atoms with E-state index >= 15 is 0 Å². The van der Waals surface area contributed by atoms with E-state index in [4.69, 9.17) is 0 Å². The molecule has 3 nitrogen and oxygen atoms in total. The van der Waals surface area contributed by atoms with Gasteiger partial charge in [0.15, 0.2) is 0 Å². The van der Waals surface area contributed by atoms with Gasteiger partial charge in [-0.25, -0.2) is 0 Å². The molecule has 1 saturated heterocycles. The highest BCUT2D eigenvalue weighted by Gasteiger charge is 2.26. The molecule has 0 N–H and O–H groups in total. The Kier molecular flexibility index (Phi) is 6.13. The summed E-state index contributed by atoms with van der Waals surface area (Å²) in [6.45, 7) is 12.3. The molecule has 1 amide bonds. The van der Waals surface area contributed by atoms with Crippen LogP contribution in [0.2, 0.25) is 0 Å². The summed E-state index contributed by atoms with van der Waals surface area (Å²) in [5.41, 5.74) is 0. The lowest BCUT2D eigenvalue weighted by molar-refractivity contribution is -0.137. The van der Waals surface area contributed by atoms with E-state index in [1.54, 1.807) is 0 Å². The smallest absolute Gasteiger partial charge is 0.237 e. The number of carbonyl (C=O) groups excluding carboxylic acids is 1. The highest BCUT2D eigenvalue weighted by molar-refractivity contribution is 5.78. The first-order chi connectivity index (χ1) is 8.47. The Balaban J connectivity index is 2.61. The van der Waals surface area contributed by atoms with Gasteiger partial charge in [-0.3, -0.25) is 9.69 Å². The number of carbonyl (C=O) groups is 1. The monoisotopic (exact) mass is 254 g/mol. The van der Waals surface area contributed by atoms with Crippen molar-refractivity contribution in [2.75, 3.05) is 13.1 Å². The summed E-state index contributed by atoms with van der Waals surface area (Å²) >= 11 is 0. The van der Waals surface area contributed by atoms with Crippen LogP contribution in [0.4, 0.5) is 0 Å². The largest absolute Gasteiger partial charge is 0.337 e. The number of piperidine rings is 1. The van der Waals surface area contributed by atoms with Gasteiger partial charge in [0.05, 0.1) is 6.54 Å². The molecule has 1 aliphatic heterocycles. The van der Waals surface area contributed by atoms with Crippen LogP contribution < -0.4 is 0 Å². The van der Waals surface area contributed by atoms with E-state index in [1.165, 1.54) is 19.3 Å². The van der Waals surface area contributed by atoms with Crippen LogP contribution in [0.1, 0.15) is 60.3 Å². The van der Waals surface area contributed by atoms with E-state index in [2.05, 4.69) is 39.5 Å². The van der Waals surface area contributed by atoms with Crippen molar-refractivity contribution in [3.05, 3.63) is 0 Å². The maximum atomic E-state index is 12.4. The number of nitrogens with zero attached hydrogens (tertiary/aromatic N) is 2. The Morgan fingerprint density at radius 1 is 1.22 bits per heavy atom. The van der Waals surface area contributed by atoms with Gasteiger partial charge < -0.3 is 4.90 Å². The molecule has 0 bridgehead atoms. The fourth-order valence-corrected chi connectivity index (χ4v) is 3.16. The molecule has 0 saturated carbocycles. The van der Waals surface area contributed by atoms with Crippen molar-refractivity contribution >= 4 is 5.91 Å². The number of hydrogen-bond acceptors (Lipinski definition) is 2. The zero-order valence-corrected chi connectivity index (χ0v) is 12.8. The van der Waals surface area contributed by atoms with Gasteiger partial charge in [0.25, 0.3) is 0 Å². The number of amides is 1.